The first-order valence-electron chi connectivity index (χ1n) is 6.17. The molecule has 1 atom stereocenters. The SMILES string of the molecule is CCCN(C)C(C)(CN)Cc1ccc(Cl)cc1. The largest absolute Gasteiger partial charge is 0.329 e. The van der Waals surface area contributed by atoms with Gasteiger partial charge in [-0.25, -0.2) is 0 Å². The van der Waals surface area contributed by atoms with Gasteiger partial charge < -0.3 is 5.73 Å². The summed E-state index contributed by atoms with van der Waals surface area (Å²) in [7, 11) is 2.15. The monoisotopic (exact) mass is 254 g/mol. The summed E-state index contributed by atoms with van der Waals surface area (Å²) in [6, 6.07) is 8.04. The van der Waals surface area contributed by atoms with Crippen molar-refractivity contribution in [3.8, 4) is 0 Å². The summed E-state index contributed by atoms with van der Waals surface area (Å²) in [6.45, 7) is 6.14. The van der Waals surface area contributed by atoms with Crippen LogP contribution in [0.25, 0.3) is 0 Å². The smallest absolute Gasteiger partial charge is 0.0406 e. The van der Waals surface area contributed by atoms with Crippen LogP contribution in [0.1, 0.15) is 25.8 Å². The Balaban J connectivity index is 2.77. The Labute approximate surface area is 110 Å². The number of rotatable bonds is 6. The summed E-state index contributed by atoms with van der Waals surface area (Å²) in [6.07, 6.45) is 2.10. The van der Waals surface area contributed by atoms with Crippen LogP contribution in [0.3, 0.4) is 0 Å². The number of nitrogens with two attached hydrogens (primary N) is 1. The van der Waals surface area contributed by atoms with Crippen LogP contribution in [-0.4, -0.2) is 30.6 Å². The molecule has 17 heavy (non-hydrogen) atoms. The molecule has 0 saturated carbocycles. The van der Waals surface area contributed by atoms with E-state index in [1.54, 1.807) is 0 Å². The maximum atomic E-state index is 5.95. The van der Waals surface area contributed by atoms with E-state index in [0.29, 0.717) is 6.54 Å². The van der Waals surface area contributed by atoms with Crippen molar-refractivity contribution in [2.24, 2.45) is 5.73 Å². The van der Waals surface area contributed by atoms with Crippen molar-refractivity contribution in [1.82, 2.24) is 4.90 Å². The minimum Gasteiger partial charge on any atom is -0.329 e. The summed E-state index contributed by atoms with van der Waals surface area (Å²) in [4.78, 5) is 2.35. The third-order valence-corrected chi connectivity index (χ3v) is 3.67. The van der Waals surface area contributed by atoms with E-state index in [2.05, 4.69) is 37.9 Å². The van der Waals surface area contributed by atoms with E-state index in [1.807, 2.05) is 12.1 Å². The minimum absolute atomic E-state index is 0.0177. The van der Waals surface area contributed by atoms with Crippen molar-refractivity contribution in [3.63, 3.8) is 0 Å². The van der Waals surface area contributed by atoms with Crippen LogP contribution in [-0.2, 0) is 6.42 Å². The number of hydrogen-bond donors (Lipinski definition) is 1. The van der Waals surface area contributed by atoms with Crippen LogP contribution in [0, 0.1) is 0 Å². The van der Waals surface area contributed by atoms with Gasteiger partial charge in [0.1, 0.15) is 0 Å². The summed E-state index contributed by atoms with van der Waals surface area (Å²) in [5.74, 6) is 0. The Morgan fingerprint density at radius 2 is 1.88 bits per heavy atom. The van der Waals surface area contributed by atoms with Gasteiger partial charge in [-0.05, 0) is 51.1 Å². The van der Waals surface area contributed by atoms with Crippen LogP contribution in [0.15, 0.2) is 24.3 Å². The predicted molar refractivity (Wildman–Crippen MR) is 75.5 cm³/mol. The summed E-state index contributed by atoms with van der Waals surface area (Å²) < 4.78 is 0. The molecule has 1 aromatic rings. The highest BCUT2D eigenvalue weighted by Crippen LogP contribution is 2.20. The number of benzene rings is 1. The highest BCUT2D eigenvalue weighted by molar-refractivity contribution is 6.30. The first kappa shape index (κ1) is 14.5. The molecule has 3 heteroatoms. The highest BCUT2D eigenvalue weighted by atomic mass is 35.5. The molecule has 0 bridgehead atoms. The predicted octanol–water partition coefficient (Wildman–Crippen LogP) is 2.94. The van der Waals surface area contributed by atoms with E-state index >= 15 is 0 Å². The lowest BCUT2D eigenvalue weighted by Crippen LogP contribution is -2.51. The van der Waals surface area contributed by atoms with Crippen molar-refractivity contribution in [2.45, 2.75) is 32.2 Å². The van der Waals surface area contributed by atoms with Crippen LogP contribution >= 0.6 is 11.6 Å². The summed E-state index contributed by atoms with van der Waals surface area (Å²) >= 11 is 5.89. The standard InChI is InChI=1S/C14H23ClN2/c1-4-9-17(3)14(2,11-16)10-12-5-7-13(15)8-6-12/h5-8H,4,9-11,16H2,1-3H3. The quantitative estimate of drug-likeness (QED) is 0.846. The van der Waals surface area contributed by atoms with Crippen LogP contribution in [0.4, 0.5) is 0 Å². The van der Waals surface area contributed by atoms with Gasteiger partial charge in [0.2, 0.25) is 0 Å². The molecule has 1 unspecified atom stereocenters. The molecule has 2 N–H and O–H groups in total. The number of likely N-dealkylation sites (N-methyl/N-ethyl adjacent to an activating group) is 1. The lowest BCUT2D eigenvalue weighted by Gasteiger charge is -2.38. The van der Waals surface area contributed by atoms with Gasteiger partial charge in [-0.3, -0.25) is 4.90 Å². The first-order valence-corrected chi connectivity index (χ1v) is 6.55. The van der Waals surface area contributed by atoms with E-state index in [9.17, 15) is 0 Å². The molecule has 0 aromatic heterocycles. The van der Waals surface area contributed by atoms with E-state index in [0.717, 1.165) is 24.4 Å². The molecule has 0 radical (unpaired) electrons. The second-order valence-corrected chi connectivity index (χ2v) is 5.36. The Bertz CT molecular complexity index is 337. The van der Waals surface area contributed by atoms with Crippen LogP contribution in [0.2, 0.25) is 5.02 Å². The minimum atomic E-state index is 0.0177. The molecular weight excluding hydrogens is 232 g/mol. The number of nitrogens with zero attached hydrogens (tertiary/aromatic N) is 1. The van der Waals surface area contributed by atoms with Gasteiger partial charge in [-0.1, -0.05) is 30.7 Å². The van der Waals surface area contributed by atoms with E-state index in [1.165, 1.54) is 5.56 Å². The Kier molecular flexibility index (Phi) is 5.44. The van der Waals surface area contributed by atoms with Gasteiger partial charge in [0, 0.05) is 17.1 Å². The molecule has 0 aliphatic carbocycles. The average Bonchev–Trinajstić information content (AvgIpc) is 2.32. The second-order valence-electron chi connectivity index (χ2n) is 4.93. The fourth-order valence-corrected chi connectivity index (χ4v) is 2.14. The molecule has 1 rings (SSSR count). The molecule has 0 spiro atoms. The van der Waals surface area contributed by atoms with Gasteiger partial charge >= 0.3 is 0 Å². The first-order chi connectivity index (χ1) is 8.01. The highest BCUT2D eigenvalue weighted by Gasteiger charge is 2.27. The number of hydrogen-bond acceptors (Lipinski definition) is 2. The molecular formula is C14H23ClN2. The van der Waals surface area contributed by atoms with Gasteiger partial charge in [0.15, 0.2) is 0 Å². The molecule has 0 aliphatic heterocycles. The molecule has 0 saturated heterocycles. The third-order valence-electron chi connectivity index (χ3n) is 3.42. The Morgan fingerprint density at radius 1 is 1.29 bits per heavy atom. The molecule has 0 amide bonds. The maximum Gasteiger partial charge on any atom is 0.0406 e. The molecule has 0 fully saturated rings. The summed E-state index contributed by atoms with van der Waals surface area (Å²) in [5.41, 5.74) is 7.25. The zero-order valence-electron chi connectivity index (χ0n) is 11.0. The Hall–Kier alpha value is -0.570. The van der Waals surface area contributed by atoms with Crippen molar-refractivity contribution in [2.75, 3.05) is 20.1 Å². The fraction of sp³-hybridized carbons (Fsp3) is 0.571. The number of halogens is 1. The lowest BCUT2D eigenvalue weighted by atomic mass is 9.91. The molecule has 0 heterocycles. The fourth-order valence-electron chi connectivity index (χ4n) is 2.01. The van der Waals surface area contributed by atoms with E-state index in [-0.39, 0.29) is 5.54 Å². The van der Waals surface area contributed by atoms with Crippen LogP contribution < -0.4 is 5.73 Å². The second kappa shape index (κ2) is 6.39. The lowest BCUT2D eigenvalue weighted by molar-refractivity contribution is 0.144. The van der Waals surface area contributed by atoms with Gasteiger partial charge in [0.25, 0.3) is 0 Å². The van der Waals surface area contributed by atoms with Crippen molar-refractivity contribution >= 4 is 11.6 Å². The van der Waals surface area contributed by atoms with Gasteiger partial charge in [0.05, 0.1) is 0 Å². The van der Waals surface area contributed by atoms with E-state index in [4.69, 9.17) is 17.3 Å². The molecule has 2 nitrogen and oxygen atoms in total. The topological polar surface area (TPSA) is 29.3 Å². The molecule has 0 aliphatic rings. The Morgan fingerprint density at radius 3 is 2.35 bits per heavy atom. The van der Waals surface area contributed by atoms with Gasteiger partial charge in [-0.15, -0.1) is 0 Å². The van der Waals surface area contributed by atoms with Gasteiger partial charge in [-0.2, -0.15) is 0 Å². The van der Waals surface area contributed by atoms with Crippen molar-refractivity contribution < 1.29 is 0 Å². The zero-order chi connectivity index (χ0) is 12.9. The zero-order valence-corrected chi connectivity index (χ0v) is 11.8. The van der Waals surface area contributed by atoms with Crippen molar-refractivity contribution in [1.29, 1.82) is 0 Å². The maximum absolute atomic E-state index is 5.95. The normalized spacial score (nSPS) is 14.9. The van der Waals surface area contributed by atoms with Crippen LogP contribution in [0.5, 0.6) is 0 Å². The van der Waals surface area contributed by atoms with Crippen molar-refractivity contribution in [3.05, 3.63) is 34.9 Å². The molecule has 96 valence electrons. The molecule has 1 aromatic carbocycles. The average molecular weight is 255 g/mol. The summed E-state index contributed by atoms with van der Waals surface area (Å²) in [5, 5.41) is 0.783. The van der Waals surface area contributed by atoms with E-state index < -0.39 is 0 Å². The third kappa shape index (κ3) is 3.98.